The van der Waals surface area contributed by atoms with Crippen molar-refractivity contribution in [3.8, 4) is 0 Å². The molecule has 1 saturated heterocycles. The van der Waals surface area contributed by atoms with E-state index in [2.05, 4.69) is 26.1 Å². The van der Waals surface area contributed by atoms with Gasteiger partial charge in [0, 0.05) is 28.8 Å². The van der Waals surface area contributed by atoms with Gasteiger partial charge in [0.1, 0.15) is 4.99 Å². The highest BCUT2D eigenvalue weighted by Gasteiger charge is 2.16. The van der Waals surface area contributed by atoms with Crippen LogP contribution in [0.15, 0.2) is 22.7 Å². The highest BCUT2D eigenvalue weighted by atomic mass is 79.9. The minimum atomic E-state index is 0.0574. The standard InChI is InChI=1S/C12H14BrN3OS/c13-10-6-8(2-3-9(10)12(14)18)16-5-1-4-15-11(17)7-16/h2-3,6H,1,4-5,7H2,(H2,14,18)(H,15,17). The van der Waals surface area contributed by atoms with Crippen LogP contribution in [0.3, 0.4) is 0 Å². The highest BCUT2D eigenvalue weighted by molar-refractivity contribution is 9.10. The molecule has 3 N–H and O–H groups in total. The molecule has 2 rings (SSSR count). The molecule has 96 valence electrons. The van der Waals surface area contributed by atoms with Gasteiger partial charge in [-0.25, -0.2) is 0 Å². The van der Waals surface area contributed by atoms with Crippen LogP contribution in [0.1, 0.15) is 12.0 Å². The van der Waals surface area contributed by atoms with Crippen LogP contribution in [0.5, 0.6) is 0 Å². The van der Waals surface area contributed by atoms with Gasteiger partial charge in [-0.15, -0.1) is 0 Å². The number of benzene rings is 1. The maximum Gasteiger partial charge on any atom is 0.239 e. The number of nitrogens with zero attached hydrogens (tertiary/aromatic N) is 1. The first kappa shape index (κ1) is 13.3. The summed E-state index contributed by atoms with van der Waals surface area (Å²) in [4.78, 5) is 13.9. The molecule has 0 unspecified atom stereocenters. The molecule has 18 heavy (non-hydrogen) atoms. The van der Waals surface area contributed by atoms with E-state index in [1.807, 2.05) is 18.2 Å². The van der Waals surface area contributed by atoms with Gasteiger partial charge in [-0.2, -0.15) is 0 Å². The van der Waals surface area contributed by atoms with Crippen LogP contribution in [-0.4, -0.2) is 30.5 Å². The number of carbonyl (C=O) groups is 1. The molecule has 0 radical (unpaired) electrons. The minimum Gasteiger partial charge on any atom is -0.389 e. The van der Waals surface area contributed by atoms with E-state index in [4.69, 9.17) is 18.0 Å². The largest absolute Gasteiger partial charge is 0.389 e. The maximum atomic E-state index is 11.5. The molecule has 0 bridgehead atoms. The summed E-state index contributed by atoms with van der Waals surface area (Å²) >= 11 is 8.41. The van der Waals surface area contributed by atoms with Gasteiger partial charge in [-0.3, -0.25) is 4.79 Å². The van der Waals surface area contributed by atoms with Crippen molar-refractivity contribution in [2.45, 2.75) is 6.42 Å². The smallest absolute Gasteiger partial charge is 0.239 e. The van der Waals surface area contributed by atoms with E-state index < -0.39 is 0 Å². The molecule has 4 nitrogen and oxygen atoms in total. The Morgan fingerprint density at radius 3 is 2.94 bits per heavy atom. The molecule has 1 aliphatic heterocycles. The Kier molecular flexibility index (Phi) is 4.19. The summed E-state index contributed by atoms with van der Waals surface area (Å²) in [7, 11) is 0. The van der Waals surface area contributed by atoms with Crippen molar-refractivity contribution in [3.63, 3.8) is 0 Å². The predicted octanol–water partition coefficient (Wildman–Crippen LogP) is 1.41. The summed E-state index contributed by atoms with van der Waals surface area (Å²) in [5.41, 5.74) is 7.43. The second-order valence-electron chi connectivity index (χ2n) is 4.15. The molecule has 0 aromatic heterocycles. The van der Waals surface area contributed by atoms with Crippen LogP contribution in [0.25, 0.3) is 0 Å². The Bertz CT molecular complexity index is 492. The summed E-state index contributed by atoms with van der Waals surface area (Å²) < 4.78 is 0.858. The summed E-state index contributed by atoms with van der Waals surface area (Å²) in [6.45, 7) is 1.98. The maximum absolute atomic E-state index is 11.5. The number of carbonyl (C=O) groups excluding carboxylic acids is 1. The first-order valence-corrected chi connectivity index (χ1v) is 6.89. The third-order valence-electron chi connectivity index (χ3n) is 2.84. The minimum absolute atomic E-state index is 0.0574. The van der Waals surface area contributed by atoms with E-state index in [0.29, 0.717) is 11.5 Å². The lowest BCUT2D eigenvalue weighted by atomic mass is 10.2. The summed E-state index contributed by atoms with van der Waals surface area (Å²) in [5, 5.41) is 2.86. The van der Waals surface area contributed by atoms with Crippen molar-refractivity contribution in [3.05, 3.63) is 28.2 Å². The second kappa shape index (κ2) is 5.67. The van der Waals surface area contributed by atoms with Crippen LogP contribution in [0.2, 0.25) is 0 Å². The number of nitrogens with two attached hydrogens (primary N) is 1. The Balaban J connectivity index is 2.25. The Labute approximate surface area is 120 Å². The Morgan fingerprint density at radius 2 is 2.28 bits per heavy atom. The first-order valence-electron chi connectivity index (χ1n) is 5.69. The topological polar surface area (TPSA) is 58.4 Å². The molecule has 1 aromatic rings. The predicted molar refractivity (Wildman–Crippen MR) is 79.9 cm³/mol. The van der Waals surface area contributed by atoms with Crippen molar-refractivity contribution in [1.29, 1.82) is 0 Å². The van der Waals surface area contributed by atoms with Gasteiger partial charge < -0.3 is 16.0 Å². The van der Waals surface area contributed by atoms with E-state index in [9.17, 15) is 4.79 Å². The van der Waals surface area contributed by atoms with E-state index in [1.54, 1.807) is 0 Å². The van der Waals surface area contributed by atoms with E-state index in [-0.39, 0.29) is 5.91 Å². The molecule has 0 aliphatic carbocycles. The van der Waals surface area contributed by atoms with Gasteiger partial charge in [-0.1, -0.05) is 12.2 Å². The molecule has 1 heterocycles. The third-order valence-corrected chi connectivity index (χ3v) is 3.72. The molecule has 1 aromatic carbocycles. The molecule has 0 atom stereocenters. The van der Waals surface area contributed by atoms with Crippen LogP contribution >= 0.6 is 28.1 Å². The number of halogens is 1. The fourth-order valence-electron chi connectivity index (χ4n) is 1.93. The van der Waals surface area contributed by atoms with Crippen LogP contribution in [-0.2, 0) is 4.79 Å². The van der Waals surface area contributed by atoms with Crippen molar-refractivity contribution >= 4 is 44.7 Å². The van der Waals surface area contributed by atoms with E-state index in [1.165, 1.54) is 0 Å². The second-order valence-corrected chi connectivity index (χ2v) is 5.45. The number of thiocarbonyl (C=S) groups is 1. The summed E-state index contributed by atoms with van der Waals surface area (Å²) in [5.74, 6) is 0.0574. The first-order chi connectivity index (χ1) is 8.58. The molecule has 0 spiro atoms. The molecular weight excluding hydrogens is 314 g/mol. The summed E-state index contributed by atoms with van der Waals surface area (Å²) in [6.07, 6.45) is 0.945. The summed E-state index contributed by atoms with van der Waals surface area (Å²) in [6, 6.07) is 5.77. The molecule has 1 amide bonds. The van der Waals surface area contributed by atoms with Crippen molar-refractivity contribution < 1.29 is 4.79 Å². The molecule has 1 aliphatic rings. The van der Waals surface area contributed by atoms with E-state index >= 15 is 0 Å². The van der Waals surface area contributed by atoms with Gasteiger partial charge in [0.25, 0.3) is 0 Å². The number of anilines is 1. The zero-order chi connectivity index (χ0) is 13.1. The van der Waals surface area contributed by atoms with Gasteiger partial charge >= 0.3 is 0 Å². The van der Waals surface area contributed by atoms with Crippen LogP contribution in [0.4, 0.5) is 5.69 Å². The molecule has 1 fully saturated rings. The Hall–Kier alpha value is -1.14. The average Bonchev–Trinajstić information content (AvgIpc) is 2.53. The lowest BCUT2D eigenvalue weighted by Crippen LogP contribution is -2.33. The number of rotatable bonds is 2. The number of hydrogen-bond acceptors (Lipinski definition) is 3. The normalized spacial score (nSPS) is 16.1. The van der Waals surface area contributed by atoms with Crippen LogP contribution in [0, 0.1) is 0 Å². The number of amides is 1. The zero-order valence-electron chi connectivity index (χ0n) is 9.78. The average molecular weight is 328 g/mol. The van der Waals surface area contributed by atoms with Crippen molar-refractivity contribution in [2.24, 2.45) is 5.73 Å². The lowest BCUT2D eigenvalue weighted by molar-refractivity contribution is -0.119. The fraction of sp³-hybridized carbons (Fsp3) is 0.333. The van der Waals surface area contributed by atoms with Crippen molar-refractivity contribution in [1.82, 2.24) is 5.32 Å². The van der Waals surface area contributed by atoms with Crippen LogP contribution < -0.4 is 16.0 Å². The number of hydrogen-bond donors (Lipinski definition) is 2. The lowest BCUT2D eigenvalue weighted by Gasteiger charge is -2.22. The van der Waals surface area contributed by atoms with Gasteiger partial charge in [0.2, 0.25) is 5.91 Å². The van der Waals surface area contributed by atoms with Gasteiger partial charge in [0.05, 0.1) is 6.54 Å². The SMILES string of the molecule is NC(=S)c1ccc(N2CCCNC(=O)C2)cc1Br. The monoisotopic (exact) mass is 327 g/mol. The molecule has 0 saturated carbocycles. The molecular formula is C12H14BrN3OS. The van der Waals surface area contributed by atoms with Gasteiger partial charge in [0.15, 0.2) is 0 Å². The van der Waals surface area contributed by atoms with Gasteiger partial charge in [-0.05, 0) is 40.5 Å². The van der Waals surface area contributed by atoms with Crippen molar-refractivity contribution in [2.75, 3.05) is 24.5 Å². The quantitative estimate of drug-likeness (QED) is 0.806. The highest BCUT2D eigenvalue weighted by Crippen LogP contribution is 2.24. The fourth-order valence-corrected chi connectivity index (χ4v) is 2.82. The Morgan fingerprint density at radius 1 is 1.50 bits per heavy atom. The number of nitrogens with one attached hydrogen (secondary N) is 1. The molecule has 6 heteroatoms. The zero-order valence-corrected chi connectivity index (χ0v) is 12.2. The third kappa shape index (κ3) is 3.00. The van der Waals surface area contributed by atoms with E-state index in [0.717, 1.165) is 35.2 Å².